The van der Waals surface area contributed by atoms with Crippen molar-refractivity contribution in [3.05, 3.63) is 0 Å². The van der Waals surface area contributed by atoms with Crippen LogP contribution in [0.2, 0.25) is 0 Å². The lowest BCUT2D eigenvalue weighted by molar-refractivity contribution is 0.271. The van der Waals surface area contributed by atoms with E-state index in [0.717, 1.165) is 6.54 Å². The number of alkyl halides is 1. The smallest absolute Gasteiger partial charge is 0.0906 e. The van der Waals surface area contributed by atoms with Crippen LogP contribution in [0.15, 0.2) is 0 Å². The Balaban J connectivity index is 2.17. The van der Waals surface area contributed by atoms with Gasteiger partial charge in [-0.05, 0) is 25.3 Å². The van der Waals surface area contributed by atoms with E-state index in [2.05, 4.69) is 25.8 Å². The van der Waals surface area contributed by atoms with Crippen molar-refractivity contribution in [1.82, 2.24) is 4.90 Å². The molecule has 0 heterocycles. The zero-order valence-electron chi connectivity index (χ0n) is 7.73. The summed E-state index contributed by atoms with van der Waals surface area (Å²) in [7, 11) is 2.09. The molecule has 1 rings (SSSR count). The van der Waals surface area contributed by atoms with Gasteiger partial charge >= 0.3 is 0 Å². The molecule has 0 N–H and O–H groups in total. The summed E-state index contributed by atoms with van der Waals surface area (Å²) in [5, 5.41) is 0. The zero-order chi connectivity index (χ0) is 8.48. The van der Waals surface area contributed by atoms with Crippen LogP contribution in [0, 0.1) is 5.41 Å². The highest BCUT2D eigenvalue weighted by Gasteiger charge is 2.47. The minimum absolute atomic E-state index is 0.183. The number of rotatable bonds is 4. The van der Waals surface area contributed by atoms with Gasteiger partial charge in [-0.3, -0.25) is 4.39 Å². The molecule has 1 unspecified atom stereocenters. The molecule has 0 aromatic rings. The SMILES string of the molecule is CN(CCCF)C1CC1(C)C. The molecular formula is C9H18FN. The fourth-order valence-corrected chi connectivity index (χ4v) is 1.66. The predicted octanol–water partition coefficient (Wildman–Crippen LogP) is 2.08. The average Bonchev–Trinajstić information content (AvgIpc) is 2.55. The Bertz CT molecular complexity index is 134. The predicted molar refractivity (Wildman–Crippen MR) is 45.4 cm³/mol. The topological polar surface area (TPSA) is 3.24 Å². The maximum atomic E-state index is 11.8. The monoisotopic (exact) mass is 159 g/mol. The van der Waals surface area contributed by atoms with Crippen LogP contribution in [0.3, 0.4) is 0 Å². The molecule has 0 spiro atoms. The van der Waals surface area contributed by atoms with Crippen LogP contribution in [-0.2, 0) is 0 Å². The van der Waals surface area contributed by atoms with Gasteiger partial charge in [0.1, 0.15) is 0 Å². The Hall–Kier alpha value is -0.110. The van der Waals surface area contributed by atoms with Gasteiger partial charge in [0.15, 0.2) is 0 Å². The van der Waals surface area contributed by atoms with Crippen LogP contribution in [0.4, 0.5) is 4.39 Å². The third-order valence-electron chi connectivity index (χ3n) is 2.64. The Labute approximate surface area is 68.6 Å². The highest BCUT2D eigenvalue weighted by Crippen LogP contribution is 2.47. The summed E-state index contributed by atoms with van der Waals surface area (Å²) in [6.45, 7) is 5.26. The Morgan fingerprint density at radius 1 is 1.55 bits per heavy atom. The third kappa shape index (κ3) is 2.16. The summed E-state index contributed by atoms with van der Waals surface area (Å²) in [5.74, 6) is 0. The fourth-order valence-electron chi connectivity index (χ4n) is 1.66. The first-order valence-electron chi connectivity index (χ1n) is 4.34. The maximum Gasteiger partial charge on any atom is 0.0906 e. The molecule has 0 aliphatic heterocycles. The third-order valence-corrected chi connectivity index (χ3v) is 2.64. The summed E-state index contributed by atoms with van der Waals surface area (Å²) in [4.78, 5) is 2.28. The van der Waals surface area contributed by atoms with Crippen molar-refractivity contribution in [2.75, 3.05) is 20.3 Å². The molecule has 1 aliphatic rings. The molecule has 1 saturated carbocycles. The highest BCUT2D eigenvalue weighted by molar-refractivity contribution is 5.01. The zero-order valence-corrected chi connectivity index (χ0v) is 7.73. The molecule has 1 atom stereocenters. The van der Waals surface area contributed by atoms with Gasteiger partial charge in [-0.2, -0.15) is 0 Å². The first kappa shape index (κ1) is 8.98. The molecule has 1 aliphatic carbocycles. The van der Waals surface area contributed by atoms with Crippen LogP contribution in [0.25, 0.3) is 0 Å². The molecule has 11 heavy (non-hydrogen) atoms. The van der Waals surface area contributed by atoms with Crippen molar-refractivity contribution >= 4 is 0 Å². The van der Waals surface area contributed by atoms with Crippen LogP contribution in [0.5, 0.6) is 0 Å². The van der Waals surface area contributed by atoms with Crippen molar-refractivity contribution in [1.29, 1.82) is 0 Å². The molecule has 0 amide bonds. The lowest BCUT2D eigenvalue weighted by Crippen LogP contribution is -2.25. The second kappa shape index (κ2) is 3.10. The summed E-state index contributed by atoms with van der Waals surface area (Å²) in [5.41, 5.74) is 0.491. The summed E-state index contributed by atoms with van der Waals surface area (Å²) < 4.78 is 11.8. The first-order chi connectivity index (χ1) is 5.08. The Morgan fingerprint density at radius 2 is 2.09 bits per heavy atom. The quantitative estimate of drug-likeness (QED) is 0.607. The van der Waals surface area contributed by atoms with E-state index in [1.165, 1.54) is 6.42 Å². The molecule has 0 saturated heterocycles. The molecule has 0 aromatic carbocycles. The van der Waals surface area contributed by atoms with Crippen molar-refractivity contribution in [3.8, 4) is 0 Å². The second-order valence-corrected chi connectivity index (χ2v) is 4.23. The normalized spacial score (nSPS) is 27.5. The van der Waals surface area contributed by atoms with Gasteiger partial charge in [-0.25, -0.2) is 0 Å². The Kier molecular flexibility index (Phi) is 2.53. The molecule has 2 heteroatoms. The summed E-state index contributed by atoms with van der Waals surface area (Å²) >= 11 is 0. The number of halogens is 1. The number of hydrogen-bond acceptors (Lipinski definition) is 1. The van der Waals surface area contributed by atoms with Crippen molar-refractivity contribution in [2.24, 2.45) is 5.41 Å². The molecule has 0 radical (unpaired) electrons. The maximum absolute atomic E-state index is 11.8. The van der Waals surface area contributed by atoms with Crippen molar-refractivity contribution in [3.63, 3.8) is 0 Å². The lowest BCUT2D eigenvalue weighted by Gasteiger charge is -2.17. The van der Waals surface area contributed by atoms with E-state index in [9.17, 15) is 4.39 Å². The largest absolute Gasteiger partial charge is 0.303 e. The van der Waals surface area contributed by atoms with E-state index in [1.807, 2.05) is 0 Å². The molecule has 0 aromatic heterocycles. The van der Waals surface area contributed by atoms with Crippen molar-refractivity contribution < 1.29 is 4.39 Å². The van der Waals surface area contributed by atoms with Crippen molar-refractivity contribution in [2.45, 2.75) is 32.7 Å². The van der Waals surface area contributed by atoms with Crippen LogP contribution in [-0.4, -0.2) is 31.2 Å². The summed E-state index contributed by atoms with van der Waals surface area (Å²) in [6.07, 6.45) is 1.96. The van der Waals surface area contributed by atoms with Gasteiger partial charge in [-0.1, -0.05) is 13.8 Å². The number of nitrogens with zero attached hydrogens (tertiary/aromatic N) is 1. The van der Waals surface area contributed by atoms with Crippen LogP contribution in [0.1, 0.15) is 26.7 Å². The van der Waals surface area contributed by atoms with E-state index >= 15 is 0 Å². The van der Waals surface area contributed by atoms with E-state index < -0.39 is 0 Å². The van der Waals surface area contributed by atoms with Crippen LogP contribution < -0.4 is 0 Å². The highest BCUT2D eigenvalue weighted by atomic mass is 19.1. The van der Waals surface area contributed by atoms with Gasteiger partial charge in [0.25, 0.3) is 0 Å². The standard InChI is InChI=1S/C9H18FN/c1-9(2)7-8(9)11(3)6-4-5-10/h8H,4-7H2,1-3H3. The van der Waals surface area contributed by atoms with Crippen LogP contribution >= 0.6 is 0 Å². The van der Waals surface area contributed by atoms with E-state index in [4.69, 9.17) is 0 Å². The van der Waals surface area contributed by atoms with E-state index in [0.29, 0.717) is 17.9 Å². The first-order valence-corrected chi connectivity index (χ1v) is 4.34. The van der Waals surface area contributed by atoms with Gasteiger partial charge < -0.3 is 4.90 Å². The summed E-state index contributed by atoms with van der Waals surface area (Å²) in [6, 6.07) is 0.703. The molecule has 66 valence electrons. The lowest BCUT2D eigenvalue weighted by atomic mass is 10.2. The molecular weight excluding hydrogens is 141 g/mol. The van der Waals surface area contributed by atoms with E-state index in [-0.39, 0.29) is 6.67 Å². The second-order valence-electron chi connectivity index (χ2n) is 4.23. The minimum atomic E-state index is -0.183. The Morgan fingerprint density at radius 3 is 2.45 bits per heavy atom. The van der Waals surface area contributed by atoms with E-state index in [1.54, 1.807) is 0 Å². The van der Waals surface area contributed by atoms with Gasteiger partial charge in [0.05, 0.1) is 6.67 Å². The fraction of sp³-hybridized carbons (Fsp3) is 1.00. The minimum Gasteiger partial charge on any atom is -0.303 e. The average molecular weight is 159 g/mol. The van der Waals surface area contributed by atoms with Gasteiger partial charge in [0.2, 0.25) is 0 Å². The molecule has 1 nitrogen and oxygen atoms in total. The molecule has 0 bridgehead atoms. The molecule has 1 fully saturated rings. The number of hydrogen-bond donors (Lipinski definition) is 0. The van der Waals surface area contributed by atoms with Gasteiger partial charge in [0, 0.05) is 12.6 Å². The van der Waals surface area contributed by atoms with Gasteiger partial charge in [-0.15, -0.1) is 0 Å².